The third-order valence-corrected chi connectivity index (χ3v) is 3.38. The number of fused-ring (bicyclic) bond motifs is 1. The molecule has 1 amide bonds. The first-order chi connectivity index (χ1) is 8.04. The lowest BCUT2D eigenvalue weighted by Gasteiger charge is -2.13. The third kappa shape index (κ3) is 2.17. The van der Waals surface area contributed by atoms with E-state index in [1.807, 2.05) is 18.2 Å². The van der Waals surface area contributed by atoms with Crippen molar-refractivity contribution in [1.29, 1.82) is 0 Å². The van der Waals surface area contributed by atoms with E-state index in [4.69, 9.17) is 17.3 Å². The summed E-state index contributed by atoms with van der Waals surface area (Å²) in [5, 5.41) is 0. The number of aromatic nitrogens is 2. The summed E-state index contributed by atoms with van der Waals surface area (Å²) in [6.07, 6.45) is 0. The zero-order valence-electron chi connectivity index (χ0n) is 9.15. The average molecular weight is 317 g/mol. The molecule has 2 N–H and O–H groups in total. The number of nitrogens with two attached hydrogens (primary N) is 1. The second-order valence-corrected chi connectivity index (χ2v) is 4.93. The van der Waals surface area contributed by atoms with E-state index in [0.29, 0.717) is 5.82 Å². The van der Waals surface area contributed by atoms with Crippen LogP contribution in [0, 0.1) is 0 Å². The molecule has 1 atom stereocenters. The molecule has 17 heavy (non-hydrogen) atoms. The second kappa shape index (κ2) is 4.66. The van der Waals surface area contributed by atoms with Gasteiger partial charge in [-0.2, -0.15) is 0 Å². The number of hydrogen-bond donors (Lipinski definition) is 1. The normalized spacial score (nSPS) is 12.9. The van der Waals surface area contributed by atoms with Crippen molar-refractivity contribution >= 4 is 44.5 Å². The smallest absolute Gasteiger partial charge is 0.240 e. The van der Waals surface area contributed by atoms with Crippen molar-refractivity contribution in [2.75, 3.05) is 0 Å². The van der Waals surface area contributed by atoms with Crippen LogP contribution >= 0.6 is 27.5 Å². The van der Waals surface area contributed by atoms with Crippen LogP contribution in [0.5, 0.6) is 0 Å². The zero-order valence-corrected chi connectivity index (χ0v) is 11.5. The van der Waals surface area contributed by atoms with Gasteiger partial charge in [0.2, 0.25) is 5.91 Å². The molecule has 0 bridgehead atoms. The highest BCUT2D eigenvalue weighted by molar-refractivity contribution is 9.10. The fraction of sp³-hybridized carbons (Fsp3) is 0.273. The van der Waals surface area contributed by atoms with Crippen LogP contribution in [-0.2, 0) is 10.7 Å². The lowest BCUT2D eigenvalue weighted by atomic mass is 10.2. The van der Waals surface area contributed by atoms with Gasteiger partial charge in [-0.3, -0.25) is 4.79 Å². The Bertz CT molecular complexity index is 581. The Morgan fingerprint density at radius 1 is 1.65 bits per heavy atom. The number of halogens is 2. The minimum Gasteiger partial charge on any atom is -0.368 e. The Labute approximate surface area is 112 Å². The van der Waals surface area contributed by atoms with Crippen LogP contribution in [0.2, 0.25) is 0 Å². The van der Waals surface area contributed by atoms with Crippen LogP contribution in [0.1, 0.15) is 18.8 Å². The summed E-state index contributed by atoms with van der Waals surface area (Å²) in [6, 6.07) is 5.21. The minimum absolute atomic E-state index is 0.240. The summed E-state index contributed by atoms with van der Waals surface area (Å²) < 4.78 is 2.71. The first kappa shape index (κ1) is 12.4. The van der Waals surface area contributed by atoms with Gasteiger partial charge >= 0.3 is 0 Å². The topological polar surface area (TPSA) is 60.9 Å². The first-order valence-electron chi connectivity index (χ1n) is 5.06. The molecule has 2 aromatic rings. The molecule has 0 aliphatic heterocycles. The molecule has 1 aromatic heterocycles. The van der Waals surface area contributed by atoms with E-state index in [-0.39, 0.29) is 5.88 Å². The zero-order chi connectivity index (χ0) is 12.6. The summed E-state index contributed by atoms with van der Waals surface area (Å²) in [6.45, 7) is 1.74. The van der Waals surface area contributed by atoms with Crippen molar-refractivity contribution in [3.8, 4) is 0 Å². The molecule has 0 aliphatic carbocycles. The maximum Gasteiger partial charge on any atom is 0.240 e. The van der Waals surface area contributed by atoms with Gasteiger partial charge in [-0.1, -0.05) is 15.9 Å². The number of nitrogens with zero attached hydrogens (tertiary/aromatic N) is 2. The summed E-state index contributed by atoms with van der Waals surface area (Å²) >= 11 is 9.23. The van der Waals surface area contributed by atoms with E-state index in [0.717, 1.165) is 15.5 Å². The van der Waals surface area contributed by atoms with Gasteiger partial charge in [-0.25, -0.2) is 4.98 Å². The number of hydrogen-bond acceptors (Lipinski definition) is 2. The lowest BCUT2D eigenvalue weighted by molar-refractivity contribution is -0.120. The Hall–Kier alpha value is -1.07. The molecule has 2 rings (SSSR count). The van der Waals surface area contributed by atoms with Crippen molar-refractivity contribution < 1.29 is 4.79 Å². The van der Waals surface area contributed by atoms with Crippen LogP contribution in [0.15, 0.2) is 22.7 Å². The molecule has 6 heteroatoms. The molecule has 0 fully saturated rings. The summed E-state index contributed by atoms with van der Waals surface area (Å²) in [5.41, 5.74) is 6.98. The Kier molecular flexibility index (Phi) is 3.40. The molecule has 0 aliphatic rings. The average Bonchev–Trinajstić information content (AvgIpc) is 2.65. The predicted molar refractivity (Wildman–Crippen MR) is 70.9 cm³/mol. The van der Waals surface area contributed by atoms with Crippen LogP contribution in [0.25, 0.3) is 11.0 Å². The van der Waals surface area contributed by atoms with E-state index < -0.39 is 11.9 Å². The minimum atomic E-state index is -0.463. The van der Waals surface area contributed by atoms with Crippen molar-refractivity contribution in [1.82, 2.24) is 9.55 Å². The number of primary amides is 1. The summed E-state index contributed by atoms with van der Waals surface area (Å²) in [5.74, 6) is 0.480. The van der Waals surface area contributed by atoms with Gasteiger partial charge in [0, 0.05) is 4.47 Å². The number of carbonyl (C=O) groups is 1. The van der Waals surface area contributed by atoms with E-state index >= 15 is 0 Å². The number of benzene rings is 1. The number of rotatable bonds is 3. The van der Waals surface area contributed by atoms with E-state index in [1.54, 1.807) is 11.5 Å². The molecular formula is C11H11BrClN3O. The second-order valence-electron chi connectivity index (χ2n) is 3.74. The van der Waals surface area contributed by atoms with Crippen molar-refractivity contribution in [3.63, 3.8) is 0 Å². The molecule has 90 valence electrons. The number of imidazole rings is 1. The maximum atomic E-state index is 11.3. The van der Waals surface area contributed by atoms with E-state index in [9.17, 15) is 4.79 Å². The summed E-state index contributed by atoms with van der Waals surface area (Å²) in [4.78, 5) is 15.7. The van der Waals surface area contributed by atoms with Gasteiger partial charge in [0.25, 0.3) is 0 Å². The standard InChI is InChI=1S/C11H11BrClN3O/c1-6(11(14)17)16-9-3-2-7(12)4-8(9)15-10(16)5-13/h2-4,6H,5H2,1H3,(H2,14,17). The highest BCUT2D eigenvalue weighted by Crippen LogP contribution is 2.25. The number of alkyl halides is 1. The van der Waals surface area contributed by atoms with Crippen LogP contribution in [-0.4, -0.2) is 15.5 Å². The lowest BCUT2D eigenvalue weighted by Crippen LogP contribution is -2.25. The van der Waals surface area contributed by atoms with Crippen LogP contribution in [0.3, 0.4) is 0 Å². The summed E-state index contributed by atoms with van der Waals surface area (Å²) in [7, 11) is 0. The molecule has 0 saturated carbocycles. The molecule has 1 aromatic carbocycles. The molecule has 1 heterocycles. The molecule has 1 unspecified atom stereocenters. The largest absolute Gasteiger partial charge is 0.368 e. The van der Waals surface area contributed by atoms with Gasteiger partial charge in [0.1, 0.15) is 11.9 Å². The monoisotopic (exact) mass is 315 g/mol. The highest BCUT2D eigenvalue weighted by Gasteiger charge is 2.18. The fourth-order valence-electron chi connectivity index (χ4n) is 1.78. The highest BCUT2D eigenvalue weighted by atomic mass is 79.9. The fourth-order valence-corrected chi connectivity index (χ4v) is 2.31. The Balaban J connectivity index is 2.70. The molecule has 0 saturated heterocycles. The van der Waals surface area contributed by atoms with Gasteiger partial charge in [0.05, 0.1) is 16.9 Å². The van der Waals surface area contributed by atoms with Gasteiger partial charge < -0.3 is 10.3 Å². The van der Waals surface area contributed by atoms with Crippen molar-refractivity contribution in [2.24, 2.45) is 5.73 Å². The quantitative estimate of drug-likeness (QED) is 0.885. The first-order valence-corrected chi connectivity index (χ1v) is 6.39. The maximum absolute atomic E-state index is 11.3. The van der Waals surface area contributed by atoms with Crippen molar-refractivity contribution in [2.45, 2.75) is 18.8 Å². The van der Waals surface area contributed by atoms with Gasteiger partial charge in [0.15, 0.2) is 0 Å². The van der Waals surface area contributed by atoms with Gasteiger partial charge in [-0.15, -0.1) is 11.6 Å². The Morgan fingerprint density at radius 2 is 2.35 bits per heavy atom. The molecule has 0 spiro atoms. The van der Waals surface area contributed by atoms with Crippen molar-refractivity contribution in [3.05, 3.63) is 28.5 Å². The van der Waals surface area contributed by atoms with E-state index in [2.05, 4.69) is 20.9 Å². The number of carbonyl (C=O) groups excluding carboxylic acids is 1. The van der Waals surface area contributed by atoms with Gasteiger partial charge in [-0.05, 0) is 25.1 Å². The van der Waals surface area contributed by atoms with Crippen LogP contribution in [0.4, 0.5) is 0 Å². The van der Waals surface area contributed by atoms with Crippen LogP contribution < -0.4 is 5.73 Å². The molecule has 0 radical (unpaired) electrons. The predicted octanol–water partition coefficient (Wildman–Crippen LogP) is 2.58. The van der Waals surface area contributed by atoms with E-state index in [1.165, 1.54) is 0 Å². The Morgan fingerprint density at radius 3 is 2.94 bits per heavy atom. The SMILES string of the molecule is CC(C(N)=O)n1c(CCl)nc2cc(Br)ccc21. The number of amides is 1. The molecular weight excluding hydrogens is 305 g/mol. The third-order valence-electron chi connectivity index (χ3n) is 2.64. The molecule has 4 nitrogen and oxygen atoms in total.